The molecule has 8 heteroatoms. The van der Waals surface area contributed by atoms with Crippen LogP contribution in [0.15, 0.2) is 48.8 Å². The number of nitrogens with one attached hydrogen (secondary N) is 1. The molecule has 0 spiro atoms. The van der Waals surface area contributed by atoms with Crippen molar-refractivity contribution in [3.63, 3.8) is 0 Å². The summed E-state index contributed by atoms with van der Waals surface area (Å²) in [7, 11) is 0. The zero-order valence-electron chi connectivity index (χ0n) is 17.2. The van der Waals surface area contributed by atoms with E-state index in [0.717, 1.165) is 35.7 Å². The minimum atomic E-state index is 0.0700. The van der Waals surface area contributed by atoms with E-state index in [0.29, 0.717) is 36.8 Å². The minimum absolute atomic E-state index is 0.0700. The monoisotopic (exact) mass is 414 g/mol. The van der Waals surface area contributed by atoms with Crippen molar-refractivity contribution < 1.29 is 9.53 Å². The Morgan fingerprint density at radius 3 is 2.74 bits per heavy atom. The Hall–Kier alpha value is -3.83. The molecule has 0 atom stereocenters. The van der Waals surface area contributed by atoms with Crippen LogP contribution in [0.5, 0.6) is 0 Å². The van der Waals surface area contributed by atoms with Gasteiger partial charge < -0.3 is 15.0 Å². The molecule has 0 bridgehead atoms. The molecular formula is C23H22N6O2. The number of Topliss-reactive ketones (excluding diaryl/α,β-unsaturated/α-hetero) is 1. The number of ketones is 1. The molecule has 1 fully saturated rings. The summed E-state index contributed by atoms with van der Waals surface area (Å²) in [5.74, 6) is 0.495. The fourth-order valence-electron chi connectivity index (χ4n) is 3.43. The van der Waals surface area contributed by atoms with Crippen LogP contribution in [0.2, 0.25) is 0 Å². The standard InChI is InChI=1S/C23H22N6O2/c1-16(30)12-19-3-4-20(15-26-19)27-23-25-7-6-21(28-23)17-2-5-22(18(13-17)14-24)29-8-10-31-11-9-29/h2-7,13,15H,8-12H2,1H3,(H,25,27,28). The van der Waals surface area contributed by atoms with Gasteiger partial charge in [-0.15, -0.1) is 0 Å². The van der Waals surface area contributed by atoms with Gasteiger partial charge in [-0.05, 0) is 37.3 Å². The number of pyridine rings is 1. The summed E-state index contributed by atoms with van der Waals surface area (Å²) < 4.78 is 5.41. The van der Waals surface area contributed by atoms with Crippen molar-refractivity contribution in [2.75, 3.05) is 36.5 Å². The first-order valence-corrected chi connectivity index (χ1v) is 10.0. The van der Waals surface area contributed by atoms with Crippen molar-refractivity contribution in [1.29, 1.82) is 5.26 Å². The normalized spacial score (nSPS) is 13.5. The van der Waals surface area contributed by atoms with E-state index in [2.05, 4.69) is 31.2 Å². The maximum absolute atomic E-state index is 11.2. The number of aromatic nitrogens is 3. The second-order valence-electron chi connectivity index (χ2n) is 7.25. The second kappa shape index (κ2) is 9.32. The topological polar surface area (TPSA) is 104 Å². The fourth-order valence-corrected chi connectivity index (χ4v) is 3.43. The lowest BCUT2D eigenvalue weighted by Gasteiger charge is -2.29. The summed E-state index contributed by atoms with van der Waals surface area (Å²) in [6, 6.07) is 13.5. The van der Waals surface area contributed by atoms with E-state index in [1.807, 2.05) is 30.3 Å². The summed E-state index contributed by atoms with van der Waals surface area (Å²) in [4.78, 5) is 26.5. The third-order valence-electron chi connectivity index (χ3n) is 4.93. The lowest BCUT2D eigenvalue weighted by molar-refractivity contribution is -0.116. The lowest BCUT2D eigenvalue weighted by atomic mass is 10.1. The molecule has 1 N–H and O–H groups in total. The summed E-state index contributed by atoms with van der Waals surface area (Å²) >= 11 is 0. The highest BCUT2D eigenvalue weighted by atomic mass is 16.5. The van der Waals surface area contributed by atoms with E-state index in [-0.39, 0.29) is 5.78 Å². The number of carbonyl (C=O) groups excluding carboxylic acids is 1. The summed E-state index contributed by atoms with van der Waals surface area (Å²) in [6.45, 7) is 4.42. The van der Waals surface area contributed by atoms with Gasteiger partial charge in [0.15, 0.2) is 0 Å². The molecule has 1 aromatic carbocycles. The number of hydrogen-bond acceptors (Lipinski definition) is 8. The predicted octanol–water partition coefficient (Wildman–Crippen LogP) is 3.12. The highest BCUT2D eigenvalue weighted by Gasteiger charge is 2.16. The Morgan fingerprint density at radius 1 is 1.19 bits per heavy atom. The van der Waals surface area contributed by atoms with Crippen LogP contribution >= 0.6 is 0 Å². The Bertz CT molecular complexity index is 1120. The third-order valence-corrected chi connectivity index (χ3v) is 4.93. The average Bonchev–Trinajstić information content (AvgIpc) is 2.80. The zero-order chi connectivity index (χ0) is 21.6. The Kier molecular flexibility index (Phi) is 6.15. The summed E-state index contributed by atoms with van der Waals surface area (Å²) in [5, 5.41) is 12.8. The number of hydrogen-bond donors (Lipinski definition) is 1. The first-order chi connectivity index (χ1) is 15.1. The number of ether oxygens (including phenoxy) is 1. The molecule has 0 amide bonds. The van der Waals surface area contributed by atoms with E-state index in [1.54, 1.807) is 25.4 Å². The molecule has 1 aliphatic rings. The van der Waals surface area contributed by atoms with E-state index in [1.165, 1.54) is 0 Å². The number of benzene rings is 1. The van der Waals surface area contributed by atoms with Crippen molar-refractivity contribution in [2.45, 2.75) is 13.3 Å². The molecule has 1 aliphatic heterocycles. The zero-order valence-corrected chi connectivity index (χ0v) is 17.2. The molecule has 3 aromatic rings. The minimum Gasteiger partial charge on any atom is -0.378 e. The average molecular weight is 414 g/mol. The maximum atomic E-state index is 11.2. The van der Waals surface area contributed by atoms with Crippen LogP contribution in [-0.4, -0.2) is 47.0 Å². The van der Waals surface area contributed by atoms with Crippen LogP contribution in [0.3, 0.4) is 0 Å². The molecule has 4 rings (SSSR count). The Labute approximate surface area is 180 Å². The number of rotatable bonds is 6. The number of morpholine rings is 1. The first kappa shape index (κ1) is 20.4. The van der Waals surface area contributed by atoms with Gasteiger partial charge in [0, 0.05) is 37.0 Å². The molecular weight excluding hydrogens is 392 g/mol. The second-order valence-corrected chi connectivity index (χ2v) is 7.25. The van der Waals surface area contributed by atoms with Crippen LogP contribution in [0, 0.1) is 11.3 Å². The van der Waals surface area contributed by atoms with Crippen molar-refractivity contribution in [3.05, 3.63) is 60.0 Å². The van der Waals surface area contributed by atoms with Crippen LogP contribution in [0.25, 0.3) is 11.3 Å². The van der Waals surface area contributed by atoms with Crippen LogP contribution in [0.4, 0.5) is 17.3 Å². The number of anilines is 3. The van der Waals surface area contributed by atoms with Crippen molar-refractivity contribution >= 4 is 23.1 Å². The first-order valence-electron chi connectivity index (χ1n) is 10.0. The number of carbonyl (C=O) groups is 1. The van der Waals surface area contributed by atoms with Crippen LogP contribution in [-0.2, 0) is 16.0 Å². The van der Waals surface area contributed by atoms with Crippen LogP contribution in [0.1, 0.15) is 18.2 Å². The van der Waals surface area contributed by atoms with E-state index in [9.17, 15) is 10.1 Å². The van der Waals surface area contributed by atoms with Crippen molar-refractivity contribution in [1.82, 2.24) is 15.0 Å². The lowest BCUT2D eigenvalue weighted by Crippen LogP contribution is -2.36. The third kappa shape index (κ3) is 5.02. The van der Waals surface area contributed by atoms with Gasteiger partial charge in [-0.3, -0.25) is 9.78 Å². The molecule has 1 saturated heterocycles. The Morgan fingerprint density at radius 2 is 2.03 bits per heavy atom. The molecule has 0 radical (unpaired) electrons. The van der Waals surface area contributed by atoms with Gasteiger partial charge >= 0.3 is 0 Å². The van der Waals surface area contributed by atoms with E-state index >= 15 is 0 Å². The van der Waals surface area contributed by atoms with Gasteiger partial charge in [-0.25, -0.2) is 9.97 Å². The van der Waals surface area contributed by atoms with Gasteiger partial charge in [0.05, 0.1) is 42.0 Å². The van der Waals surface area contributed by atoms with Crippen molar-refractivity contribution in [3.8, 4) is 17.3 Å². The van der Waals surface area contributed by atoms with Crippen molar-refractivity contribution in [2.24, 2.45) is 0 Å². The summed E-state index contributed by atoms with van der Waals surface area (Å²) in [6.07, 6.45) is 3.64. The maximum Gasteiger partial charge on any atom is 0.227 e. The number of nitriles is 1. The molecule has 0 unspecified atom stereocenters. The Balaban J connectivity index is 1.54. The fraction of sp³-hybridized carbons (Fsp3) is 0.261. The molecule has 2 aromatic heterocycles. The molecule has 31 heavy (non-hydrogen) atoms. The van der Waals surface area contributed by atoms with Gasteiger partial charge in [-0.1, -0.05) is 6.07 Å². The van der Waals surface area contributed by atoms with Gasteiger partial charge in [-0.2, -0.15) is 5.26 Å². The van der Waals surface area contributed by atoms with E-state index < -0.39 is 0 Å². The molecule has 0 saturated carbocycles. The summed E-state index contributed by atoms with van der Waals surface area (Å²) in [5.41, 5.74) is 4.52. The highest BCUT2D eigenvalue weighted by molar-refractivity contribution is 5.77. The van der Waals surface area contributed by atoms with E-state index in [4.69, 9.17) is 4.74 Å². The van der Waals surface area contributed by atoms with Gasteiger partial charge in [0.2, 0.25) is 5.95 Å². The van der Waals surface area contributed by atoms with Gasteiger partial charge in [0.1, 0.15) is 11.9 Å². The van der Waals surface area contributed by atoms with Gasteiger partial charge in [0.25, 0.3) is 0 Å². The molecule has 8 nitrogen and oxygen atoms in total. The van der Waals surface area contributed by atoms with Crippen LogP contribution < -0.4 is 10.2 Å². The smallest absolute Gasteiger partial charge is 0.227 e. The number of nitrogens with zero attached hydrogens (tertiary/aromatic N) is 5. The highest BCUT2D eigenvalue weighted by Crippen LogP contribution is 2.27. The SMILES string of the molecule is CC(=O)Cc1ccc(Nc2nccc(-c3ccc(N4CCOCC4)c(C#N)c3)n2)cn1. The largest absolute Gasteiger partial charge is 0.378 e. The predicted molar refractivity (Wildman–Crippen MR) is 117 cm³/mol. The molecule has 0 aliphatic carbocycles. The quantitative estimate of drug-likeness (QED) is 0.656. The molecule has 156 valence electrons. The molecule has 3 heterocycles.